The summed E-state index contributed by atoms with van der Waals surface area (Å²) < 4.78 is 0. The number of nitrogens with zero attached hydrogens (tertiary/aromatic N) is 1. The number of amides is 1. The summed E-state index contributed by atoms with van der Waals surface area (Å²) in [6.07, 6.45) is 0. The molecule has 0 spiro atoms. The fourth-order valence-electron chi connectivity index (χ4n) is 1.01. The first-order chi connectivity index (χ1) is 7.17. The molecule has 1 atom stereocenters. The number of nitrogens with one attached hydrogen (secondary N) is 2. The van der Waals surface area contributed by atoms with Crippen LogP contribution in [0.2, 0.25) is 0 Å². The largest absolute Gasteiger partial charge is 0.325 e. The van der Waals surface area contributed by atoms with Crippen LogP contribution in [-0.4, -0.2) is 19.0 Å². The van der Waals surface area contributed by atoms with Crippen LogP contribution in [0.5, 0.6) is 0 Å². The minimum atomic E-state index is -0.236. The van der Waals surface area contributed by atoms with Crippen molar-refractivity contribution in [3.63, 3.8) is 0 Å². The van der Waals surface area contributed by atoms with Gasteiger partial charge in [-0.15, -0.1) is 0 Å². The summed E-state index contributed by atoms with van der Waals surface area (Å²) in [5.74, 6) is -0.0952. The number of hydrogen-bond donors (Lipinski definition) is 2. The Kier molecular flexibility index (Phi) is 3.83. The van der Waals surface area contributed by atoms with Crippen molar-refractivity contribution in [2.75, 3.05) is 12.4 Å². The molecule has 1 unspecified atom stereocenters. The van der Waals surface area contributed by atoms with Gasteiger partial charge in [-0.05, 0) is 38.2 Å². The summed E-state index contributed by atoms with van der Waals surface area (Å²) in [4.78, 5) is 11.5. The van der Waals surface area contributed by atoms with Gasteiger partial charge in [-0.3, -0.25) is 4.79 Å². The van der Waals surface area contributed by atoms with Crippen LogP contribution in [0.4, 0.5) is 5.69 Å². The Labute approximate surface area is 88.9 Å². The highest BCUT2D eigenvalue weighted by atomic mass is 16.2. The summed E-state index contributed by atoms with van der Waals surface area (Å²) in [5.41, 5.74) is 1.27. The Morgan fingerprint density at radius 1 is 1.40 bits per heavy atom. The molecule has 0 saturated heterocycles. The zero-order valence-electron chi connectivity index (χ0n) is 8.74. The van der Waals surface area contributed by atoms with Crippen molar-refractivity contribution in [1.82, 2.24) is 5.32 Å². The van der Waals surface area contributed by atoms with Gasteiger partial charge in [-0.25, -0.2) is 0 Å². The summed E-state index contributed by atoms with van der Waals surface area (Å²) in [7, 11) is 1.73. The molecule has 78 valence electrons. The van der Waals surface area contributed by atoms with Crippen molar-refractivity contribution in [1.29, 1.82) is 5.26 Å². The molecule has 0 fully saturated rings. The second-order valence-corrected chi connectivity index (χ2v) is 3.19. The SMILES string of the molecule is CNC(C)C(=O)Nc1ccc(C#N)cc1. The number of anilines is 1. The first kappa shape index (κ1) is 11.2. The van der Waals surface area contributed by atoms with Crippen LogP contribution in [0.15, 0.2) is 24.3 Å². The smallest absolute Gasteiger partial charge is 0.241 e. The minimum Gasteiger partial charge on any atom is -0.325 e. The average Bonchev–Trinajstić information content (AvgIpc) is 2.29. The van der Waals surface area contributed by atoms with E-state index < -0.39 is 0 Å². The molecule has 1 amide bonds. The van der Waals surface area contributed by atoms with E-state index in [9.17, 15) is 4.79 Å². The molecule has 1 rings (SSSR count). The van der Waals surface area contributed by atoms with Gasteiger partial charge < -0.3 is 10.6 Å². The maximum atomic E-state index is 11.5. The molecular formula is C11H13N3O. The van der Waals surface area contributed by atoms with E-state index in [0.29, 0.717) is 11.3 Å². The lowest BCUT2D eigenvalue weighted by Crippen LogP contribution is -2.35. The van der Waals surface area contributed by atoms with Gasteiger partial charge in [0.05, 0.1) is 17.7 Å². The second-order valence-electron chi connectivity index (χ2n) is 3.19. The van der Waals surface area contributed by atoms with Gasteiger partial charge in [-0.2, -0.15) is 5.26 Å². The molecule has 0 bridgehead atoms. The number of likely N-dealkylation sites (N-methyl/N-ethyl adjacent to an activating group) is 1. The fraction of sp³-hybridized carbons (Fsp3) is 0.273. The molecule has 15 heavy (non-hydrogen) atoms. The van der Waals surface area contributed by atoms with Gasteiger partial charge in [0.25, 0.3) is 0 Å². The molecule has 0 aromatic heterocycles. The number of hydrogen-bond acceptors (Lipinski definition) is 3. The van der Waals surface area contributed by atoms with Gasteiger partial charge in [-0.1, -0.05) is 0 Å². The molecule has 0 radical (unpaired) electrons. The van der Waals surface area contributed by atoms with E-state index in [1.165, 1.54) is 0 Å². The molecule has 0 heterocycles. The summed E-state index contributed by atoms with van der Waals surface area (Å²) in [5, 5.41) is 14.2. The topological polar surface area (TPSA) is 64.9 Å². The van der Waals surface area contributed by atoms with E-state index >= 15 is 0 Å². The van der Waals surface area contributed by atoms with Gasteiger partial charge in [0.1, 0.15) is 0 Å². The van der Waals surface area contributed by atoms with Crippen molar-refractivity contribution >= 4 is 11.6 Å². The van der Waals surface area contributed by atoms with Crippen LogP contribution < -0.4 is 10.6 Å². The zero-order valence-corrected chi connectivity index (χ0v) is 8.74. The third-order valence-electron chi connectivity index (χ3n) is 2.11. The number of carbonyl (C=O) groups excluding carboxylic acids is 1. The highest BCUT2D eigenvalue weighted by Gasteiger charge is 2.09. The first-order valence-corrected chi connectivity index (χ1v) is 4.65. The molecule has 1 aromatic carbocycles. The van der Waals surface area contributed by atoms with Gasteiger partial charge in [0.2, 0.25) is 5.91 Å². The Morgan fingerprint density at radius 3 is 2.47 bits per heavy atom. The predicted octanol–water partition coefficient (Wildman–Crippen LogP) is 1.10. The zero-order chi connectivity index (χ0) is 11.3. The van der Waals surface area contributed by atoms with Crippen LogP contribution in [0.3, 0.4) is 0 Å². The average molecular weight is 203 g/mol. The quantitative estimate of drug-likeness (QED) is 0.773. The third-order valence-corrected chi connectivity index (χ3v) is 2.11. The van der Waals surface area contributed by atoms with Crippen molar-refractivity contribution < 1.29 is 4.79 Å². The second kappa shape index (κ2) is 5.13. The molecule has 1 aromatic rings. The molecule has 0 aliphatic heterocycles. The van der Waals surface area contributed by atoms with E-state index in [1.54, 1.807) is 38.2 Å². The van der Waals surface area contributed by atoms with Crippen LogP contribution in [0.1, 0.15) is 12.5 Å². The molecule has 0 aliphatic carbocycles. The van der Waals surface area contributed by atoms with E-state index in [4.69, 9.17) is 5.26 Å². The van der Waals surface area contributed by atoms with Gasteiger partial charge >= 0.3 is 0 Å². The first-order valence-electron chi connectivity index (χ1n) is 4.65. The third kappa shape index (κ3) is 3.08. The highest BCUT2D eigenvalue weighted by Crippen LogP contribution is 2.08. The van der Waals surface area contributed by atoms with Crippen LogP contribution in [0.25, 0.3) is 0 Å². The van der Waals surface area contributed by atoms with E-state index in [-0.39, 0.29) is 11.9 Å². The molecule has 0 aliphatic rings. The van der Waals surface area contributed by atoms with Crippen LogP contribution >= 0.6 is 0 Å². The van der Waals surface area contributed by atoms with Gasteiger partial charge in [0.15, 0.2) is 0 Å². The number of benzene rings is 1. The lowest BCUT2D eigenvalue weighted by molar-refractivity contribution is -0.117. The number of rotatable bonds is 3. The lowest BCUT2D eigenvalue weighted by atomic mass is 10.2. The Balaban J connectivity index is 2.66. The van der Waals surface area contributed by atoms with E-state index in [1.807, 2.05) is 6.07 Å². The Bertz CT molecular complexity index is 378. The molecule has 4 nitrogen and oxygen atoms in total. The molecule has 2 N–H and O–H groups in total. The van der Waals surface area contributed by atoms with Crippen molar-refractivity contribution in [2.45, 2.75) is 13.0 Å². The van der Waals surface area contributed by atoms with Crippen molar-refractivity contribution in [2.24, 2.45) is 0 Å². The highest BCUT2D eigenvalue weighted by molar-refractivity contribution is 5.94. The standard InChI is InChI=1S/C11H13N3O/c1-8(13-2)11(15)14-10-5-3-9(7-12)4-6-10/h3-6,8,13H,1-2H3,(H,14,15). The maximum Gasteiger partial charge on any atom is 0.241 e. The normalized spacial score (nSPS) is 11.5. The number of nitriles is 1. The maximum absolute atomic E-state index is 11.5. The Morgan fingerprint density at radius 2 is 2.00 bits per heavy atom. The molecule has 4 heteroatoms. The Hall–Kier alpha value is -1.86. The predicted molar refractivity (Wildman–Crippen MR) is 58.3 cm³/mol. The monoisotopic (exact) mass is 203 g/mol. The fourth-order valence-corrected chi connectivity index (χ4v) is 1.01. The minimum absolute atomic E-state index is 0.0952. The van der Waals surface area contributed by atoms with Crippen molar-refractivity contribution in [3.05, 3.63) is 29.8 Å². The molecular weight excluding hydrogens is 190 g/mol. The van der Waals surface area contributed by atoms with E-state index in [0.717, 1.165) is 0 Å². The lowest BCUT2D eigenvalue weighted by Gasteiger charge is -2.10. The summed E-state index contributed by atoms with van der Waals surface area (Å²) >= 11 is 0. The van der Waals surface area contributed by atoms with Crippen LogP contribution in [-0.2, 0) is 4.79 Å². The number of carbonyl (C=O) groups is 1. The van der Waals surface area contributed by atoms with E-state index in [2.05, 4.69) is 10.6 Å². The van der Waals surface area contributed by atoms with Gasteiger partial charge in [0, 0.05) is 5.69 Å². The van der Waals surface area contributed by atoms with Crippen molar-refractivity contribution in [3.8, 4) is 6.07 Å². The van der Waals surface area contributed by atoms with Crippen LogP contribution in [0, 0.1) is 11.3 Å². The molecule has 0 saturated carbocycles. The summed E-state index contributed by atoms with van der Waals surface area (Å²) in [6.45, 7) is 1.78. The summed E-state index contributed by atoms with van der Waals surface area (Å²) in [6, 6.07) is 8.53.